The van der Waals surface area contributed by atoms with Crippen LogP contribution in [0.2, 0.25) is 0 Å². The van der Waals surface area contributed by atoms with Crippen LogP contribution in [0.3, 0.4) is 0 Å². The lowest BCUT2D eigenvalue weighted by Gasteiger charge is -2.25. The van der Waals surface area contributed by atoms with Gasteiger partial charge in [0.1, 0.15) is 13.2 Å². The number of carbonyl (C=O) groups excluding carboxylic acids is 1. The number of phosphoric ester groups is 1. The van der Waals surface area contributed by atoms with Gasteiger partial charge in [-0.2, -0.15) is 0 Å². The number of rotatable bonds is 42. The Morgan fingerprint density at radius 3 is 1.37 bits per heavy atom. The van der Waals surface area contributed by atoms with Crippen molar-refractivity contribution < 1.29 is 32.9 Å². The summed E-state index contributed by atoms with van der Waals surface area (Å²) in [5.41, 5.74) is 0. The van der Waals surface area contributed by atoms with E-state index in [1.54, 1.807) is 6.08 Å². The third kappa shape index (κ3) is 39.5. The number of unbranched alkanes of at least 4 members (excludes halogenated alkanes) is 29. The van der Waals surface area contributed by atoms with Crippen molar-refractivity contribution in [1.82, 2.24) is 5.32 Å². The van der Waals surface area contributed by atoms with Crippen molar-refractivity contribution in [2.24, 2.45) is 0 Å². The van der Waals surface area contributed by atoms with Gasteiger partial charge in [0.25, 0.3) is 0 Å². The maximum atomic E-state index is 12.8. The van der Waals surface area contributed by atoms with E-state index in [0.717, 1.165) is 32.1 Å². The number of nitrogens with zero attached hydrogens (tertiary/aromatic N) is 1. The van der Waals surface area contributed by atoms with Gasteiger partial charge in [0.05, 0.1) is 39.9 Å². The van der Waals surface area contributed by atoms with E-state index >= 15 is 0 Å². The molecule has 9 heteroatoms. The lowest BCUT2D eigenvalue weighted by molar-refractivity contribution is -0.870. The Bertz CT molecular complexity index is 896. The number of quaternary nitrogens is 1. The summed E-state index contributed by atoms with van der Waals surface area (Å²) in [4.78, 5) is 23.1. The van der Waals surface area contributed by atoms with Crippen LogP contribution in [0, 0.1) is 0 Å². The molecule has 0 saturated carbocycles. The number of amides is 1. The molecule has 8 nitrogen and oxygen atoms in total. The Morgan fingerprint density at radius 2 is 0.981 bits per heavy atom. The van der Waals surface area contributed by atoms with E-state index in [-0.39, 0.29) is 19.1 Å². The number of nitrogens with one attached hydrogen (secondary N) is 1. The molecule has 322 valence electrons. The van der Waals surface area contributed by atoms with Crippen molar-refractivity contribution in [3.8, 4) is 0 Å². The standard InChI is InChI=1S/C45H91N2O6P/c1-6-8-10-12-14-16-18-20-21-22-23-24-25-27-28-30-32-34-36-38-44(48)43(42-53-54(50,51)52-41-40-47(3,4)5)46-45(49)39-37-35-33-31-29-26-19-17-15-13-11-9-7-2/h36,38,43-44,48H,6-35,37,39-42H2,1-5H3,(H-,46,49,50,51)/p+1/b38-36+. The van der Waals surface area contributed by atoms with E-state index in [1.807, 2.05) is 27.2 Å². The van der Waals surface area contributed by atoms with Gasteiger partial charge in [0.15, 0.2) is 0 Å². The summed E-state index contributed by atoms with van der Waals surface area (Å²) in [6.07, 6.45) is 42.7. The van der Waals surface area contributed by atoms with Crippen molar-refractivity contribution >= 4 is 13.7 Å². The first-order chi connectivity index (χ1) is 26.0. The molecule has 0 heterocycles. The minimum Gasteiger partial charge on any atom is -0.387 e. The summed E-state index contributed by atoms with van der Waals surface area (Å²) >= 11 is 0. The van der Waals surface area contributed by atoms with E-state index in [9.17, 15) is 19.4 Å². The van der Waals surface area contributed by atoms with E-state index in [4.69, 9.17) is 9.05 Å². The number of allylic oxidation sites excluding steroid dienone is 1. The second-order valence-electron chi connectivity index (χ2n) is 17.1. The molecule has 0 aliphatic carbocycles. The predicted molar refractivity (Wildman–Crippen MR) is 231 cm³/mol. The first kappa shape index (κ1) is 53.2. The van der Waals surface area contributed by atoms with Crippen LogP contribution in [0.5, 0.6) is 0 Å². The van der Waals surface area contributed by atoms with Crippen molar-refractivity contribution in [2.75, 3.05) is 40.9 Å². The molecule has 0 fully saturated rings. The molecule has 3 unspecified atom stereocenters. The van der Waals surface area contributed by atoms with Gasteiger partial charge in [-0.3, -0.25) is 13.8 Å². The van der Waals surface area contributed by atoms with Gasteiger partial charge >= 0.3 is 7.82 Å². The zero-order valence-electron chi connectivity index (χ0n) is 36.5. The number of phosphoric acid groups is 1. The van der Waals surface area contributed by atoms with Crippen LogP contribution in [-0.4, -0.2) is 73.4 Å². The molecule has 3 N–H and O–H groups in total. The molecule has 0 aliphatic heterocycles. The monoisotopic (exact) mass is 788 g/mol. The van der Waals surface area contributed by atoms with E-state index in [2.05, 4.69) is 19.2 Å². The number of likely N-dealkylation sites (N-methyl/N-ethyl adjacent to an activating group) is 1. The minimum atomic E-state index is -4.33. The Balaban J connectivity index is 4.36. The summed E-state index contributed by atoms with van der Waals surface area (Å²) in [6.45, 7) is 4.83. The normalized spacial score (nSPS) is 14.4. The lowest BCUT2D eigenvalue weighted by atomic mass is 10.0. The highest BCUT2D eigenvalue weighted by Gasteiger charge is 2.27. The molecule has 0 bridgehead atoms. The van der Waals surface area contributed by atoms with E-state index in [1.165, 1.54) is 167 Å². The Morgan fingerprint density at radius 1 is 0.611 bits per heavy atom. The molecule has 0 aliphatic rings. The van der Waals surface area contributed by atoms with E-state index < -0.39 is 20.0 Å². The quantitative estimate of drug-likeness (QED) is 0.0246. The van der Waals surface area contributed by atoms with Gasteiger partial charge in [-0.25, -0.2) is 4.57 Å². The molecule has 0 spiro atoms. The van der Waals surface area contributed by atoms with Gasteiger partial charge in [-0.1, -0.05) is 206 Å². The number of carbonyl (C=O) groups is 1. The summed E-state index contributed by atoms with van der Waals surface area (Å²) in [5.74, 6) is -0.175. The first-order valence-electron chi connectivity index (χ1n) is 23.1. The van der Waals surface area contributed by atoms with Gasteiger partial charge in [-0.05, 0) is 19.3 Å². The fourth-order valence-electron chi connectivity index (χ4n) is 6.81. The number of aliphatic hydroxyl groups excluding tert-OH is 1. The highest BCUT2D eigenvalue weighted by molar-refractivity contribution is 7.47. The van der Waals surface area contributed by atoms with Crippen LogP contribution in [0.1, 0.15) is 219 Å². The first-order valence-corrected chi connectivity index (χ1v) is 24.6. The maximum Gasteiger partial charge on any atom is 0.472 e. The number of aliphatic hydroxyl groups is 1. The fourth-order valence-corrected chi connectivity index (χ4v) is 7.54. The minimum absolute atomic E-state index is 0.0646. The predicted octanol–water partition coefficient (Wildman–Crippen LogP) is 12.8. The molecule has 0 saturated heterocycles. The molecule has 0 aromatic rings. The highest BCUT2D eigenvalue weighted by atomic mass is 31.2. The SMILES string of the molecule is CCCCCCCCCCCCCCCCCCC/C=C/C(O)C(COP(=O)(O)OCC[N+](C)(C)C)NC(=O)CCCCCCCCCCCCCCC. The molecular formula is C45H92N2O6P+. The Kier molecular flexibility index (Phi) is 37.3. The Hall–Kier alpha value is -0.760. The zero-order valence-corrected chi connectivity index (χ0v) is 37.4. The smallest absolute Gasteiger partial charge is 0.387 e. The largest absolute Gasteiger partial charge is 0.472 e. The molecular weight excluding hydrogens is 695 g/mol. The van der Waals surface area contributed by atoms with Crippen molar-refractivity contribution in [3.63, 3.8) is 0 Å². The lowest BCUT2D eigenvalue weighted by Crippen LogP contribution is -2.45. The van der Waals surface area contributed by atoms with Crippen LogP contribution in [0.25, 0.3) is 0 Å². The van der Waals surface area contributed by atoms with Crippen molar-refractivity contribution in [3.05, 3.63) is 12.2 Å². The second-order valence-corrected chi connectivity index (χ2v) is 18.6. The molecule has 1 amide bonds. The van der Waals surface area contributed by atoms with Gasteiger partial charge in [0.2, 0.25) is 5.91 Å². The molecule has 0 aromatic heterocycles. The van der Waals surface area contributed by atoms with Crippen LogP contribution in [0.15, 0.2) is 12.2 Å². The third-order valence-electron chi connectivity index (χ3n) is 10.5. The van der Waals surface area contributed by atoms with Gasteiger partial charge < -0.3 is 19.8 Å². The molecule has 54 heavy (non-hydrogen) atoms. The number of hydrogen-bond donors (Lipinski definition) is 3. The second kappa shape index (κ2) is 37.8. The number of hydrogen-bond acceptors (Lipinski definition) is 5. The van der Waals surface area contributed by atoms with Crippen LogP contribution < -0.4 is 5.32 Å². The topological polar surface area (TPSA) is 105 Å². The van der Waals surface area contributed by atoms with Crippen LogP contribution in [0.4, 0.5) is 0 Å². The summed E-state index contributed by atoms with van der Waals surface area (Å²) in [5, 5.41) is 13.8. The Labute approximate surface area is 335 Å². The van der Waals surface area contributed by atoms with Crippen molar-refractivity contribution in [2.45, 2.75) is 231 Å². The zero-order chi connectivity index (χ0) is 40.0. The fraction of sp³-hybridized carbons (Fsp3) is 0.933. The molecule has 0 rings (SSSR count). The highest BCUT2D eigenvalue weighted by Crippen LogP contribution is 2.43. The van der Waals surface area contributed by atoms with Gasteiger partial charge in [-0.15, -0.1) is 0 Å². The molecule has 3 atom stereocenters. The molecule has 0 aromatic carbocycles. The van der Waals surface area contributed by atoms with Crippen LogP contribution in [-0.2, 0) is 18.4 Å². The average molecular weight is 788 g/mol. The molecule has 0 radical (unpaired) electrons. The van der Waals surface area contributed by atoms with Crippen molar-refractivity contribution in [1.29, 1.82) is 0 Å². The van der Waals surface area contributed by atoms with Gasteiger partial charge in [0, 0.05) is 6.42 Å². The maximum absolute atomic E-state index is 12.8. The average Bonchev–Trinajstić information content (AvgIpc) is 3.12. The summed E-state index contributed by atoms with van der Waals surface area (Å²) in [7, 11) is 1.58. The third-order valence-corrected chi connectivity index (χ3v) is 11.5. The van der Waals surface area contributed by atoms with Crippen LogP contribution >= 0.6 is 7.82 Å². The van der Waals surface area contributed by atoms with E-state index in [0.29, 0.717) is 17.4 Å². The summed E-state index contributed by atoms with van der Waals surface area (Å²) in [6, 6.07) is -0.839. The summed E-state index contributed by atoms with van der Waals surface area (Å²) < 4.78 is 23.6.